The van der Waals surface area contributed by atoms with Gasteiger partial charge in [0.15, 0.2) is 5.96 Å². The van der Waals surface area contributed by atoms with E-state index in [-0.39, 0.29) is 5.41 Å². The number of halogens is 1. The van der Waals surface area contributed by atoms with Gasteiger partial charge in [0.2, 0.25) is 0 Å². The Hall–Kier alpha value is -1.30. The molecular formula is C19H30ClN3O2. The van der Waals surface area contributed by atoms with Crippen LogP contribution in [-0.4, -0.2) is 52.5 Å². The second-order valence-corrected chi connectivity index (χ2v) is 6.80. The number of aliphatic imine (C=N–C) groups is 1. The monoisotopic (exact) mass is 367 g/mol. The molecule has 0 spiro atoms. The molecule has 1 fully saturated rings. The van der Waals surface area contributed by atoms with Crippen molar-refractivity contribution in [1.82, 2.24) is 10.6 Å². The fourth-order valence-electron chi connectivity index (χ4n) is 2.69. The molecule has 0 aromatic heterocycles. The summed E-state index contributed by atoms with van der Waals surface area (Å²) in [5.41, 5.74) is 1.53. The number of ether oxygens (including phenoxy) is 2. The summed E-state index contributed by atoms with van der Waals surface area (Å²) in [4.78, 5) is 4.79. The van der Waals surface area contributed by atoms with Crippen molar-refractivity contribution in [3.8, 4) is 0 Å². The number of rotatable bonds is 11. The van der Waals surface area contributed by atoms with Crippen LogP contribution in [0.15, 0.2) is 29.3 Å². The molecule has 2 N–H and O–H groups in total. The summed E-state index contributed by atoms with van der Waals surface area (Å²) >= 11 is 6.00. The highest BCUT2D eigenvalue weighted by Crippen LogP contribution is 2.48. The molecule has 0 unspecified atom stereocenters. The van der Waals surface area contributed by atoms with Crippen LogP contribution in [0.2, 0.25) is 5.02 Å². The molecule has 6 heteroatoms. The van der Waals surface area contributed by atoms with Crippen molar-refractivity contribution in [3.63, 3.8) is 0 Å². The Kier molecular flexibility index (Phi) is 8.52. The number of methoxy groups -OCH3 is 1. The van der Waals surface area contributed by atoms with Crippen molar-refractivity contribution >= 4 is 17.6 Å². The third kappa shape index (κ3) is 6.84. The van der Waals surface area contributed by atoms with Crippen LogP contribution in [0.4, 0.5) is 0 Å². The van der Waals surface area contributed by atoms with Gasteiger partial charge in [-0.05, 0) is 43.9 Å². The molecule has 1 aromatic rings. The van der Waals surface area contributed by atoms with Crippen LogP contribution >= 0.6 is 11.6 Å². The SMILES string of the molecule is CCNC(=NCC1(c2ccc(Cl)cc2)CC1)NCCCOCCOC. The molecular weight excluding hydrogens is 338 g/mol. The van der Waals surface area contributed by atoms with Gasteiger partial charge in [-0.15, -0.1) is 0 Å². The lowest BCUT2D eigenvalue weighted by atomic mass is 9.96. The maximum absolute atomic E-state index is 6.00. The second-order valence-electron chi connectivity index (χ2n) is 6.37. The third-order valence-corrected chi connectivity index (χ3v) is 4.64. The predicted octanol–water partition coefficient (Wildman–Crippen LogP) is 2.98. The van der Waals surface area contributed by atoms with Crippen molar-refractivity contribution in [3.05, 3.63) is 34.9 Å². The summed E-state index contributed by atoms with van der Waals surface area (Å²) in [6.45, 7) is 6.59. The van der Waals surface area contributed by atoms with Crippen molar-refractivity contribution < 1.29 is 9.47 Å². The van der Waals surface area contributed by atoms with Crippen LogP contribution in [0.25, 0.3) is 0 Å². The molecule has 1 aliphatic rings. The van der Waals surface area contributed by atoms with Crippen LogP contribution in [0, 0.1) is 0 Å². The first-order valence-electron chi connectivity index (χ1n) is 9.05. The number of nitrogens with one attached hydrogen (secondary N) is 2. The van der Waals surface area contributed by atoms with Crippen molar-refractivity contribution in [1.29, 1.82) is 0 Å². The van der Waals surface area contributed by atoms with Gasteiger partial charge in [0.1, 0.15) is 0 Å². The van der Waals surface area contributed by atoms with Crippen LogP contribution in [0.5, 0.6) is 0 Å². The molecule has 5 nitrogen and oxygen atoms in total. The van der Waals surface area contributed by atoms with E-state index in [1.807, 2.05) is 12.1 Å². The molecule has 0 bridgehead atoms. The molecule has 1 aromatic carbocycles. The zero-order valence-corrected chi connectivity index (χ0v) is 16.1. The second kappa shape index (κ2) is 10.6. The van der Waals surface area contributed by atoms with E-state index in [9.17, 15) is 0 Å². The Morgan fingerprint density at radius 1 is 1.16 bits per heavy atom. The standard InChI is InChI=1S/C19H30ClN3O2/c1-3-21-18(22-11-4-12-25-14-13-24-2)23-15-19(9-10-19)16-5-7-17(20)8-6-16/h5-8H,3-4,9-15H2,1-2H3,(H2,21,22,23). The molecule has 0 amide bonds. The lowest BCUT2D eigenvalue weighted by Crippen LogP contribution is -2.38. The van der Waals surface area contributed by atoms with Crippen molar-refractivity contribution in [2.24, 2.45) is 4.99 Å². The lowest BCUT2D eigenvalue weighted by molar-refractivity contribution is 0.0698. The molecule has 2 rings (SSSR count). The van der Waals surface area contributed by atoms with Crippen LogP contribution < -0.4 is 10.6 Å². The normalized spacial score (nSPS) is 15.9. The highest BCUT2D eigenvalue weighted by atomic mass is 35.5. The fraction of sp³-hybridized carbons (Fsp3) is 0.632. The van der Waals surface area contributed by atoms with E-state index in [1.165, 1.54) is 18.4 Å². The smallest absolute Gasteiger partial charge is 0.191 e. The van der Waals surface area contributed by atoms with Gasteiger partial charge < -0.3 is 20.1 Å². The lowest BCUT2D eigenvalue weighted by Gasteiger charge is -2.16. The van der Waals surface area contributed by atoms with E-state index in [0.717, 1.165) is 43.6 Å². The molecule has 1 aliphatic carbocycles. The van der Waals surface area contributed by atoms with Gasteiger partial charge in [-0.1, -0.05) is 23.7 Å². The number of hydrogen-bond acceptors (Lipinski definition) is 3. The van der Waals surface area contributed by atoms with Gasteiger partial charge in [0.05, 0.1) is 19.8 Å². The van der Waals surface area contributed by atoms with Crippen LogP contribution in [0.3, 0.4) is 0 Å². The molecule has 25 heavy (non-hydrogen) atoms. The minimum atomic E-state index is 0.191. The maximum Gasteiger partial charge on any atom is 0.191 e. The van der Waals surface area contributed by atoms with E-state index in [0.29, 0.717) is 13.2 Å². The van der Waals surface area contributed by atoms with E-state index >= 15 is 0 Å². The van der Waals surface area contributed by atoms with Gasteiger partial charge in [-0.3, -0.25) is 4.99 Å². The average Bonchev–Trinajstić information content (AvgIpc) is 3.40. The fourth-order valence-corrected chi connectivity index (χ4v) is 2.82. The Morgan fingerprint density at radius 3 is 2.56 bits per heavy atom. The molecule has 1 saturated carbocycles. The largest absolute Gasteiger partial charge is 0.382 e. The minimum Gasteiger partial charge on any atom is -0.382 e. The van der Waals surface area contributed by atoms with Crippen molar-refractivity contribution in [2.75, 3.05) is 46.6 Å². The quantitative estimate of drug-likeness (QED) is 0.358. The highest BCUT2D eigenvalue weighted by molar-refractivity contribution is 6.30. The number of hydrogen-bond donors (Lipinski definition) is 2. The Morgan fingerprint density at radius 2 is 1.92 bits per heavy atom. The summed E-state index contributed by atoms with van der Waals surface area (Å²) in [5, 5.41) is 7.47. The first-order chi connectivity index (χ1) is 12.2. The highest BCUT2D eigenvalue weighted by Gasteiger charge is 2.44. The van der Waals surface area contributed by atoms with Crippen LogP contribution in [0.1, 0.15) is 31.7 Å². The third-order valence-electron chi connectivity index (χ3n) is 4.38. The maximum atomic E-state index is 6.00. The predicted molar refractivity (Wildman–Crippen MR) is 104 cm³/mol. The van der Waals surface area contributed by atoms with E-state index < -0.39 is 0 Å². The molecule has 0 atom stereocenters. The van der Waals surface area contributed by atoms with Gasteiger partial charge in [-0.2, -0.15) is 0 Å². The topological polar surface area (TPSA) is 54.9 Å². The van der Waals surface area contributed by atoms with Gasteiger partial charge in [0, 0.05) is 37.2 Å². The first kappa shape index (κ1) is 20.0. The Labute approximate surface area is 156 Å². The zero-order valence-electron chi connectivity index (χ0n) is 15.3. The summed E-state index contributed by atoms with van der Waals surface area (Å²) in [5.74, 6) is 0.875. The average molecular weight is 368 g/mol. The summed E-state index contributed by atoms with van der Waals surface area (Å²) in [6.07, 6.45) is 3.31. The first-order valence-corrected chi connectivity index (χ1v) is 9.43. The number of guanidine groups is 1. The minimum absolute atomic E-state index is 0.191. The van der Waals surface area contributed by atoms with Crippen molar-refractivity contribution in [2.45, 2.75) is 31.6 Å². The summed E-state index contributed by atoms with van der Waals surface area (Å²) in [7, 11) is 1.68. The number of nitrogens with zero attached hydrogens (tertiary/aromatic N) is 1. The van der Waals surface area contributed by atoms with Gasteiger partial charge >= 0.3 is 0 Å². The molecule has 140 valence electrons. The van der Waals surface area contributed by atoms with Crippen LogP contribution in [-0.2, 0) is 14.9 Å². The Bertz CT molecular complexity index is 530. The van der Waals surface area contributed by atoms with Gasteiger partial charge in [-0.25, -0.2) is 0 Å². The van der Waals surface area contributed by atoms with Gasteiger partial charge in [0.25, 0.3) is 0 Å². The molecule has 0 saturated heterocycles. The molecule has 0 aliphatic heterocycles. The molecule has 0 radical (unpaired) electrons. The van der Waals surface area contributed by atoms with E-state index in [4.69, 9.17) is 26.1 Å². The van der Waals surface area contributed by atoms with E-state index in [2.05, 4.69) is 29.7 Å². The zero-order chi connectivity index (χ0) is 18.0. The molecule has 0 heterocycles. The summed E-state index contributed by atoms with van der Waals surface area (Å²) in [6, 6.07) is 8.19. The summed E-state index contributed by atoms with van der Waals surface area (Å²) < 4.78 is 10.4. The Balaban J connectivity index is 1.78. The number of benzene rings is 1. The van der Waals surface area contributed by atoms with E-state index in [1.54, 1.807) is 7.11 Å².